The van der Waals surface area contributed by atoms with Gasteiger partial charge in [-0.15, -0.1) is 0 Å². The number of benzene rings is 2. The number of aromatic nitrogens is 3. The average Bonchev–Trinajstić information content (AvgIpc) is 3.33. The summed E-state index contributed by atoms with van der Waals surface area (Å²) >= 11 is -2.14. The second-order valence-electron chi connectivity index (χ2n) is 10.6. The van der Waals surface area contributed by atoms with Crippen LogP contribution >= 0.6 is 0 Å². The van der Waals surface area contributed by atoms with E-state index in [1.54, 1.807) is 27.9 Å². The Labute approximate surface area is 232 Å². The van der Waals surface area contributed by atoms with Crippen molar-refractivity contribution < 1.29 is 13.5 Å². The third kappa shape index (κ3) is 7.54. The van der Waals surface area contributed by atoms with Crippen molar-refractivity contribution in [2.24, 2.45) is 0 Å². The quantitative estimate of drug-likeness (QED) is 0.249. The highest BCUT2D eigenvalue weighted by molar-refractivity contribution is 7.77. The standard InChI is InChI=1S/C24H26N6O.C4H11NO2S/c1-15-6-4-5-7-19(15)26-23-18-8-10-25-22(18)28-24(29-23)27-20-12-17-14-30(2)11-9-16(17)13-21(20)31-3;1-4(2,3)5-8(6)7/h4-8,10,12-13H,9,11,14H2,1-3H3,(H3,25,26,27,28,29);5H,1-3H3,(H,6,7)/p-1. The third-order valence-electron chi connectivity index (χ3n) is 6.17. The molecule has 1 atom stereocenters. The van der Waals surface area contributed by atoms with Crippen LogP contribution in [0.25, 0.3) is 11.0 Å². The monoisotopic (exact) mass is 550 g/mol. The lowest BCUT2D eigenvalue weighted by Gasteiger charge is -2.26. The molecule has 10 nitrogen and oxygen atoms in total. The molecule has 39 heavy (non-hydrogen) atoms. The summed E-state index contributed by atoms with van der Waals surface area (Å²) in [5, 5.41) is 7.79. The van der Waals surface area contributed by atoms with Gasteiger partial charge in [0.05, 0.1) is 18.2 Å². The summed E-state index contributed by atoms with van der Waals surface area (Å²) in [6.45, 7) is 9.40. The fourth-order valence-electron chi connectivity index (χ4n) is 4.30. The molecule has 1 aliphatic heterocycles. The van der Waals surface area contributed by atoms with Crippen LogP contribution in [0.2, 0.25) is 0 Å². The van der Waals surface area contributed by atoms with Gasteiger partial charge in [-0.25, -0.2) is 4.72 Å². The van der Waals surface area contributed by atoms with Gasteiger partial charge in [0.25, 0.3) is 0 Å². The van der Waals surface area contributed by atoms with E-state index in [1.807, 2.05) is 30.5 Å². The molecule has 0 fully saturated rings. The zero-order valence-electron chi connectivity index (χ0n) is 23.2. The van der Waals surface area contributed by atoms with Crippen LogP contribution < -0.4 is 20.1 Å². The third-order valence-corrected chi connectivity index (χ3v) is 6.95. The summed E-state index contributed by atoms with van der Waals surface area (Å²) in [4.78, 5) is 15.0. The zero-order valence-corrected chi connectivity index (χ0v) is 24.0. The first-order valence-corrected chi connectivity index (χ1v) is 13.8. The number of aromatic amines is 1. The fraction of sp³-hybridized carbons (Fsp3) is 0.357. The average molecular weight is 551 g/mol. The Bertz CT molecular complexity index is 1470. The topological polar surface area (TPSA) is 130 Å². The molecule has 2 aromatic carbocycles. The molecule has 0 saturated heterocycles. The lowest BCUT2D eigenvalue weighted by molar-refractivity contribution is 0.312. The number of methoxy groups -OCH3 is 1. The van der Waals surface area contributed by atoms with E-state index in [9.17, 15) is 8.76 Å². The number of ether oxygens (including phenoxy) is 1. The van der Waals surface area contributed by atoms with E-state index in [0.717, 1.165) is 59.0 Å². The van der Waals surface area contributed by atoms with E-state index >= 15 is 0 Å². The second kappa shape index (κ2) is 12.1. The summed E-state index contributed by atoms with van der Waals surface area (Å²) in [6, 6.07) is 14.4. The molecule has 0 amide bonds. The molecule has 2 aromatic heterocycles. The van der Waals surface area contributed by atoms with Gasteiger partial charge < -0.3 is 29.8 Å². The van der Waals surface area contributed by atoms with Crippen LogP contribution in [-0.2, 0) is 24.2 Å². The molecule has 0 saturated carbocycles. The molecule has 1 aliphatic rings. The minimum Gasteiger partial charge on any atom is -0.760 e. The van der Waals surface area contributed by atoms with Crippen molar-refractivity contribution in [3.63, 3.8) is 0 Å². The normalized spacial score (nSPS) is 14.2. The molecule has 0 radical (unpaired) electrons. The molecule has 0 spiro atoms. The van der Waals surface area contributed by atoms with Gasteiger partial charge in [0, 0.05) is 41.8 Å². The first-order chi connectivity index (χ1) is 18.5. The molecule has 0 bridgehead atoms. The second-order valence-corrected chi connectivity index (χ2v) is 11.3. The van der Waals surface area contributed by atoms with Crippen molar-refractivity contribution in [3.05, 3.63) is 65.4 Å². The number of rotatable bonds is 6. The number of anilines is 4. The molecule has 4 N–H and O–H groups in total. The molecule has 4 aromatic rings. The maximum atomic E-state index is 9.90. The number of H-pyrrole nitrogens is 1. The molecular weight excluding hydrogens is 514 g/mol. The number of aryl methyl sites for hydroxylation is 1. The largest absolute Gasteiger partial charge is 0.760 e. The van der Waals surface area contributed by atoms with Gasteiger partial charge >= 0.3 is 0 Å². The molecule has 0 aliphatic carbocycles. The Morgan fingerprint density at radius 2 is 1.85 bits per heavy atom. The number of nitrogens with one attached hydrogen (secondary N) is 4. The SMILES string of the molecule is CC(C)(C)NS(=O)[O-].COc1cc2c(cc1Nc1nc(Nc3ccccc3C)c3cc[nH]c3n1)CN(C)CC2. The van der Waals surface area contributed by atoms with Gasteiger partial charge in [-0.3, -0.25) is 4.21 Å². The Hall–Kier alpha value is -3.51. The highest BCUT2D eigenvalue weighted by Gasteiger charge is 2.18. The van der Waals surface area contributed by atoms with E-state index < -0.39 is 11.3 Å². The van der Waals surface area contributed by atoms with Gasteiger partial charge in [0.15, 0.2) is 0 Å². The van der Waals surface area contributed by atoms with Crippen LogP contribution in [0, 0.1) is 6.92 Å². The molecule has 208 valence electrons. The van der Waals surface area contributed by atoms with Gasteiger partial charge in [-0.05, 0) is 82.1 Å². The number of nitrogens with zero attached hydrogens (tertiary/aromatic N) is 3. The molecule has 3 heterocycles. The van der Waals surface area contributed by atoms with Crippen molar-refractivity contribution in [3.8, 4) is 5.75 Å². The number of hydrogen-bond donors (Lipinski definition) is 4. The predicted molar refractivity (Wildman–Crippen MR) is 156 cm³/mol. The molecule has 11 heteroatoms. The van der Waals surface area contributed by atoms with Gasteiger partial charge in [-0.2, -0.15) is 9.97 Å². The van der Waals surface area contributed by atoms with Crippen molar-refractivity contribution in [2.45, 2.75) is 46.2 Å². The summed E-state index contributed by atoms with van der Waals surface area (Å²) < 4.78 is 27.8. The maximum Gasteiger partial charge on any atom is 0.231 e. The molecule has 1 unspecified atom stereocenters. The number of fused-ring (bicyclic) bond motifs is 2. The van der Waals surface area contributed by atoms with E-state index in [2.05, 4.69) is 62.4 Å². The van der Waals surface area contributed by atoms with Gasteiger partial charge in [0.1, 0.15) is 17.2 Å². The Kier molecular flexibility index (Phi) is 8.86. The zero-order chi connectivity index (χ0) is 28.2. The fourth-order valence-corrected chi connectivity index (χ4v) is 4.80. The lowest BCUT2D eigenvalue weighted by atomic mass is 9.99. The van der Waals surface area contributed by atoms with E-state index in [0.29, 0.717) is 5.95 Å². The maximum absolute atomic E-state index is 9.90. The van der Waals surface area contributed by atoms with E-state index in [1.165, 1.54) is 11.1 Å². The van der Waals surface area contributed by atoms with Crippen molar-refractivity contribution in [2.75, 3.05) is 31.3 Å². The van der Waals surface area contributed by atoms with Crippen molar-refractivity contribution in [1.82, 2.24) is 24.6 Å². The Morgan fingerprint density at radius 3 is 2.51 bits per heavy atom. The Balaban J connectivity index is 0.000000386. The summed E-state index contributed by atoms with van der Waals surface area (Å²) in [5.41, 5.74) is 6.10. The van der Waals surface area contributed by atoms with Crippen LogP contribution in [0.1, 0.15) is 37.5 Å². The van der Waals surface area contributed by atoms with E-state index in [-0.39, 0.29) is 5.54 Å². The van der Waals surface area contributed by atoms with Gasteiger partial charge in [-0.1, -0.05) is 18.2 Å². The summed E-state index contributed by atoms with van der Waals surface area (Å²) in [7, 11) is 3.84. The number of para-hydroxylation sites is 1. The highest BCUT2D eigenvalue weighted by Crippen LogP contribution is 2.34. The minimum absolute atomic E-state index is 0.341. The lowest BCUT2D eigenvalue weighted by Crippen LogP contribution is -2.36. The van der Waals surface area contributed by atoms with Crippen LogP contribution in [0.15, 0.2) is 48.7 Å². The Morgan fingerprint density at radius 1 is 1.08 bits per heavy atom. The first-order valence-electron chi connectivity index (χ1n) is 12.7. The number of hydrogen-bond acceptors (Lipinski definition) is 8. The van der Waals surface area contributed by atoms with Crippen LogP contribution in [0.3, 0.4) is 0 Å². The smallest absolute Gasteiger partial charge is 0.231 e. The highest BCUT2D eigenvalue weighted by atomic mass is 32.2. The van der Waals surface area contributed by atoms with Crippen LogP contribution in [-0.4, -0.2) is 54.9 Å². The van der Waals surface area contributed by atoms with Crippen LogP contribution in [0.5, 0.6) is 5.75 Å². The first kappa shape index (κ1) is 28.5. The molecular formula is C28H36N7O3S-. The van der Waals surface area contributed by atoms with E-state index in [4.69, 9.17) is 9.72 Å². The minimum atomic E-state index is -2.14. The summed E-state index contributed by atoms with van der Waals surface area (Å²) in [5.74, 6) is 2.06. The van der Waals surface area contributed by atoms with Crippen molar-refractivity contribution in [1.29, 1.82) is 0 Å². The van der Waals surface area contributed by atoms with Gasteiger partial charge in [0.2, 0.25) is 5.95 Å². The predicted octanol–water partition coefficient (Wildman–Crippen LogP) is 4.92. The summed E-state index contributed by atoms with van der Waals surface area (Å²) in [6.07, 6.45) is 2.90. The number of likely N-dealkylation sites (N-methyl/N-ethyl adjacent to an activating group) is 1. The van der Waals surface area contributed by atoms with Crippen LogP contribution in [0.4, 0.5) is 23.1 Å². The molecule has 5 rings (SSSR count). The van der Waals surface area contributed by atoms with Crippen molar-refractivity contribution >= 4 is 45.4 Å².